The van der Waals surface area contributed by atoms with Crippen LogP contribution in [-0.2, 0) is 21.4 Å². The summed E-state index contributed by atoms with van der Waals surface area (Å²) in [4.78, 5) is 0. The Kier molecular flexibility index (Phi) is 6.59. The summed E-state index contributed by atoms with van der Waals surface area (Å²) in [5.74, 6) is -2.01. The van der Waals surface area contributed by atoms with Crippen molar-refractivity contribution in [2.45, 2.75) is 62.2 Å². The summed E-state index contributed by atoms with van der Waals surface area (Å²) in [6.07, 6.45) is 1.17. The number of aliphatic hydroxyl groups is 3. The van der Waals surface area contributed by atoms with E-state index in [1.807, 2.05) is 0 Å². The van der Waals surface area contributed by atoms with Crippen LogP contribution < -0.4 is 0 Å². The van der Waals surface area contributed by atoms with Gasteiger partial charge < -0.3 is 24.8 Å². The molecule has 5 atom stereocenters. The van der Waals surface area contributed by atoms with Crippen LogP contribution in [-0.4, -0.2) is 90.0 Å². The average Bonchev–Trinajstić information content (AvgIpc) is 3.28. The predicted molar refractivity (Wildman–Crippen MR) is 120 cm³/mol. The minimum atomic E-state index is -1.24. The number of aromatic nitrogens is 6. The lowest BCUT2D eigenvalue weighted by molar-refractivity contribution is -0.216. The summed E-state index contributed by atoms with van der Waals surface area (Å²) in [5.41, 5.74) is 0.526. The third kappa shape index (κ3) is 4.20. The molecule has 0 amide bonds. The number of methoxy groups -OCH3 is 1. The van der Waals surface area contributed by atoms with Gasteiger partial charge in [-0.2, -0.15) is 0 Å². The van der Waals surface area contributed by atoms with Crippen molar-refractivity contribution in [3.8, 4) is 11.3 Å². The first-order valence-electron chi connectivity index (χ1n) is 11.7. The second-order valence-corrected chi connectivity index (χ2v) is 9.48. The lowest BCUT2D eigenvalue weighted by atomic mass is 9.92. The molecule has 1 saturated carbocycles. The van der Waals surface area contributed by atoms with Gasteiger partial charge in [0.25, 0.3) is 0 Å². The second-order valence-electron chi connectivity index (χ2n) is 9.48. The first kappa shape index (κ1) is 24.8. The Balaban J connectivity index is 1.43. The van der Waals surface area contributed by atoms with E-state index < -0.39 is 48.7 Å². The van der Waals surface area contributed by atoms with E-state index >= 15 is 0 Å². The van der Waals surface area contributed by atoms with Crippen LogP contribution in [0.2, 0.25) is 0 Å². The van der Waals surface area contributed by atoms with Gasteiger partial charge in [-0.15, -0.1) is 10.2 Å². The van der Waals surface area contributed by atoms with Gasteiger partial charge >= 0.3 is 0 Å². The van der Waals surface area contributed by atoms with Crippen molar-refractivity contribution in [2.24, 2.45) is 0 Å². The van der Waals surface area contributed by atoms with Gasteiger partial charge in [-0.3, -0.25) is 0 Å². The van der Waals surface area contributed by atoms with Gasteiger partial charge in [0.2, 0.25) is 0 Å². The van der Waals surface area contributed by atoms with Gasteiger partial charge in [-0.25, -0.2) is 18.1 Å². The molecule has 0 radical (unpaired) electrons. The molecule has 36 heavy (non-hydrogen) atoms. The van der Waals surface area contributed by atoms with E-state index in [9.17, 15) is 24.1 Å². The number of halogens is 2. The monoisotopic (exact) mass is 506 g/mol. The summed E-state index contributed by atoms with van der Waals surface area (Å²) < 4.78 is 43.2. The first-order chi connectivity index (χ1) is 17.3. The number of ether oxygens (including phenoxy) is 2. The van der Waals surface area contributed by atoms with Crippen molar-refractivity contribution in [1.29, 1.82) is 0 Å². The third-order valence-corrected chi connectivity index (χ3v) is 7.21. The summed E-state index contributed by atoms with van der Waals surface area (Å²) >= 11 is 0. The van der Waals surface area contributed by atoms with Crippen LogP contribution in [0.5, 0.6) is 0 Å². The molecule has 0 spiro atoms. The molecule has 194 valence electrons. The van der Waals surface area contributed by atoms with E-state index in [4.69, 9.17) is 9.47 Å². The topological polar surface area (TPSA) is 141 Å². The van der Waals surface area contributed by atoms with Crippen molar-refractivity contribution in [3.05, 3.63) is 47.4 Å². The van der Waals surface area contributed by atoms with Crippen LogP contribution in [0.15, 0.2) is 24.5 Å². The third-order valence-electron chi connectivity index (χ3n) is 7.21. The largest absolute Gasteiger partial charge is 0.395 e. The first-order valence-corrected chi connectivity index (χ1v) is 11.7. The Morgan fingerprint density at radius 3 is 2.56 bits per heavy atom. The lowest BCUT2D eigenvalue weighted by Crippen LogP contribution is -2.57. The van der Waals surface area contributed by atoms with Crippen LogP contribution in [0.25, 0.3) is 11.3 Å². The Labute approximate surface area is 205 Å². The zero-order chi connectivity index (χ0) is 25.6. The summed E-state index contributed by atoms with van der Waals surface area (Å²) in [6.45, 7) is 1.17. The Hall–Kier alpha value is -2.84. The van der Waals surface area contributed by atoms with Crippen molar-refractivity contribution >= 4 is 0 Å². The zero-order valence-corrected chi connectivity index (χ0v) is 19.8. The fourth-order valence-electron chi connectivity index (χ4n) is 4.76. The number of rotatable bonds is 8. The SMILES string of the molecule is CO[C@@H]1[C@@H](n2cc(-c3ccc(C)c(F)c3F)nn2)[C@@H](O)[C@@H](CO)O[C@@H]1Cn1cc(C2(CO)CC2)nn1. The van der Waals surface area contributed by atoms with E-state index in [1.165, 1.54) is 37.0 Å². The molecule has 11 nitrogen and oxygen atoms in total. The molecule has 3 N–H and O–H groups in total. The minimum Gasteiger partial charge on any atom is -0.395 e. The van der Waals surface area contributed by atoms with Crippen molar-refractivity contribution in [1.82, 2.24) is 30.0 Å². The van der Waals surface area contributed by atoms with E-state index in [0.29, 0.717) is 5.69 Å². The summed E-state index contributed by atoms with van der Waals surface area (Å²) in [5, 5.41) is 46.9. The fraction of sp³-hybridized carbons (Fsp3) is 0.565. The number of hydrogen-bond acceptors (Lipinski definition) is 9. The van der Waals surface area contributed by atoms with E-state index in [0.717, 1.165) is 12.8 Å². The highest BCUT2D eigenvalue weighted by Gasteiger charge is 2.48. The Morgan fingerprint density at radius 1 is 1.11 bits per heavy atom. The molecule has 1 saturated heterocycles. The Bertz CT molecular complexity index is 1230. The fourth-order valence-corrected chi connectivity index (χ4v) is 4.76. The molecular formula is C23H28F2N6O5. The molecule has 1 aliphatic heterocycles. The lowest BCUT2D eigenvalue weighted by Gasteiger charge is -2.43. The maximum atomic E-state index is 14.5. The molecule has 1 aliphatic carbocycles. The number of hydrogen-bond donors (Lipinski definition) is 3. The normalized spacial score (nSPS) is 27.4. The minimum absolute atomic E-state index is 0.00667. The highest BCUT2D eigenvalue weighted by atomic mass is 19.2. The zero-order valence-electron chi connectivity index (χ0n) is 19.8. The van der Waals surface area contributed by atoms with Crippen LogP contribution in [0.1, 0.15) is 30.1 Å². The van der Waals surface area contributed by atoms with Crippen LogP contribution in [0.3, 0.4) is 0 Å². The standard InChI is InChI=1S/C23H28F2N6O5/c1-12-3-4-13(19(25)18(12)24)14-7-31(29-26-14)20-21(34)16(10-32)36-15(22(20)35-2)8-30-9-17(27-28-30)23(11-33)5-6-23/h3-4,7,9,15-16,20-22,32-34H,5-6,8,10-11H2,1-2H3/t15-,16-,20+,21+,22+/m1/s1. The maximum Gasteiger partial charge on any atom is 0.168 e. The van der Waals surface area contributed by atoms with Gasteiger partial charge in [-0.1, -0.05) is 16.5 Å². The average molecular weight is 507 g/mol. The van der Waals surface area contributed by atoms with Gasteiger partial charge in [-0.05, 0) is 31.4 Å². The van der Waals surface area contributed by atoms with E-state index in [-0.39, 0.29) is 35.4 Å². The quantitative estimate of drug-likeness (QED) is 0.399. The molecule has 13 heteroatoms. The molecule has 1 aromatic carbocycles. The molecule has 2 fully saturated rings. The van der Waals surface area contributed by atoms with Crippen molar-refractivity contribution in [3.63, 3.8) is 0 Å². The number of benzene rings is 1. The summed E-state index contributed by atoms with van der Waals surface area (Å²) in [6, 6.07) is 2.00. The smallest absolute Gasteiger partial charge is 0.168 e. The Morgan fingerprint density at radius 2 is 1.89 bits per heavy atom. The molecule has 3 heterocycles. The predicted octanol–water partition coefficient (Wildman–Crippen LogP) is 0.524. The van der Waals surface area contributed by atoms with Crippen molar-refractivity contribution in [2.75, 3.05) is 20.3 Å². The van der Waals surface area contributed by atoms with Gasteiger partial charge in [0.15, 0.2) is 11.6 Å². The number of aryl methyl sites for hydroxylation is 1. The molecule has 2 aromatic heterocycles. The van der Waals surface area contributed by atoms with Crippen molar-refractivity contribution < 1.29 is 33.6 Å². The highest BCUT2D eigenvalue weighted by Crippen LogP contribution is 2.46. The van der Waals surface area contributed by atoms with Crippen LogP contribution in [0.4, 0.5) is 8.78 Å². The van der Waals surface area contributed by atoms with Gasteiger partial charge in [0.1, 0.15) is 36.2 Å². The second kappa shape index (κ2) is 9.56. The molecule has 3 aromatic rings. The summed E-state index contributed by atoms with van der Waals surface area (Å²) in [7, 11) is 1.45. The molecule has 5 rings (SSSR count). The molecule has 2 aliphatic rings. The number of aliphatic hydroxyl groups excluding tert-OH is 3. The maximum absolute atomic E-state index is 14.5. The van der Waals surface area contributed by atoms with Crippen LogP contribution in [0, 0.1) is 18.6 Å². The van der Waals surface area contributed by atoms with E-state index in [1.54, 1.807) is 10.9 Å². The molecular weight excluding hydrogens is 478 g/mol. The van der Waals surface area contributed by atoms with Crippen LogP contribution >= 0.6 is 0 Å². The molecule has 0 unspecified atom stereocenters. The highest BCUT2D eigenvalue weighted by molar-refractivity contribution is 5.59. The van der Waals surface area contributed by atoms with E-state index in [2.05, 4.69) is 20.6 Å². The van der Waals surface area contributed by atoms with Gasteiger partial charge in [0.05, 0.1) is 31.6 Å². The molecule has 0 bridgehead atoms. The van der Waals surface area contributed by atoms with Gasteiger partial charge in [0, 0.05) is 24.3 Å². The number of nitrogens with zero attached hydrogens (tertiary/aromatic N) is 6.